The monoisotopic (exact) mass is 270 g/mol. The topological polar surface area (TPSA) is 0 Å². The summed E-state index contributed by atoms with van der Waals surface area (Å²) in [6.07, 6.45) is 2.34. The minimum Gasteiger partial charge on any atom is -0.0610 e. The highest BCUT2D eigenvalue weighted by molar-refractivity contribution is 6.09. The lowest BCUT2D eigenvalue weighted by Gasteiger charge is -2.15. The number of allylic oxidation sites excluding steroid dienone is 1. The number of benzene rings is 3. The van der Waals surface area contributed by atoms with Crippen molar-refractivity contribution in [2.75, 3.05) is 0 Å². The zero-order valence-electron chi connectivity index (χ0n) is 12.7. The molecular weight excluding hydrogens is 252 g/mol. The van der Waals surface area contributed by atoms with Crippen molar-refractivity contribution >= 4 is 22.4 Å². The Hall–Kier alpha value is -2.34. The highest BCUT2D eigenvalue weighted by atomic mass is 14.2. The summed E-state index contributed by atoms with van der Waals surface area (Å²) in [4.78, 5) is 0. The molecular formula is C21H18. The van der Waals surface area contributed by atoms with Gasteiger partial charge in [0.25, 0.3) is 0 Å². The SMILES string of the molecule is CC1=Cc2cccc3cccc(c23)-c2ccc(C)c(C)c21. The highest BCUT2D eigenvalue weighted by Gasteiger charge is 2.17. The van der Waals surface area contributed by atoms with Crippen molar-refractivity contribution in [2.24, 2.45) is 0 Å². The maximum atomic E-state index is 2.34. The van der Waals surface area contributed by atoms with Gasteiger partial charge in [0.2, 0.25) is 0 Å². The Balaban J connectivity index is 2.25. The van der Waals surface area contributed by atoms with Gasteiger partial charge in [0.05, 0.1) is 0 Å². The molecule has 1 aliphatic rings. The molecule has 0 bridgehead atoms. The van der Waals surface area contributed by atoms with Crippen molar-refractivity contribution in [1.29, 1.82) is 0 Å². The van der Waals surface area contributed by atoms with Crippen molar-refractivity contribution in [3.8, 4) is 11.1 Å². The van der Waals surface area contributed by atoms with Crippen molar-refractivity contribution < 1.29 is 0 Å². The Labute approximate surface area is 125 Å². The van der Waals surface area contributed by atoms with Crippen LogP contribution in [0, 0.1) is 13.8 Å². The normalized spacial score (nSPS) is 12.8. The van der Waals surface area contributed by atoms with Crippen LogP contribution in [0.15, 0.2) is 48.5 Å². The van der Waals surface area contributed by atoms with Gasteiger partial charge < -0.3 is 0 Å². The van der Waals surface area contributed by atoms with E-state index in [1.165, 1.54) is 49.7 Å². The second kappa shape index (κ2) is 4.33. The number of hydrogen-bond acceptors (Lipinski definition) is 0. The first-order chi connectivity index (χ1) is 10.2. The van der Waals surface area contributed by atoms with Crippen LogP contribution in [0.2, 0.25) is 0 Å². The average molecular weight is 270 g/mol. The van der Waals surface area contributed by atoms with E-state index in [0.717, 1.165) is 0 Å². The molecule has 0 spiro atoms. The molecule has 0 heteroatoms. The first-order valence-corrected chi connectivity index (χ1v) is 7.48. The second-order valence-electron chi connectivity index (χ2n) is 6.01. The molecule has 0 nitrogen and oxygen atoms in total. The van der Waals surface area contributed by atoms with Crippen molar-refractivity contribution in [2.45, 2.75) is 20.8 Å². The van der Waals surface area contributed by atoms with E-state index in [2.05, 4.69) is 75.4 Å². The summed E-state index contributed by atoms with van der Waals surface area (Å²) in [6, 6.07) is 17.7. The van der Waals surface area contributed by atoms with Gasteiger partial charge >= 0.3 is 0 Å². The van der Waals surface area contributed by atoms with Gasteiger partial charge in [-0.25, -0.2) is 0 Å². The van der Waals surface area contributed by atoms with Gasteiger partial charge in [-0.05, 0) is 70.5 Å². The fraction of sp³-hybridized carbons (Fsp3) is 0.143. The van der Waals surface area contributed by atoms with E-state index in [1.54, 1.807) is 0 Å². The molecule has 0 heterocycles. The number of aryl methyl sites for hydroxylation is 1. The van der Waals surface area contributed by atoms with Gasteiger partial charge in [-0.1, -0.05) is 54.6 Å². The van der Waals surface area contributed by atoms with Crippen LogP contribution in [0.3, 0.4) is 0 Å². The summed E-state index contributed by atoms with van der Waals surface area (Å²) in [5.74, 6) is 0. The molecule has 3 aromatic carbocycles. The molecule has 0 N–H and O–H groups in total. The van der Waals surface area contributed by atoms with Crippen LogP contribution < -0.4 is 0 Å². The molecule has 1 aliphatic carbocycles. The highest BCUT2D eigenvalue weighted by Crippen LogP contribution is 2.41. The third-order valence-corrected chi connectivity index (χ3v) is 4.73. The molecule has 0 saturated heterocycles. The molecule has 4 rings (SSSR count). The fourth-order valence-electron chi connectivity index (χ4n) is 3.57. The van der Waals surface area contributed by atoms with Gasteiger partial charge in [0, 0.05) is 0 Å². The third-order valence-electron chi connectivity index (χ3n) is 4.73. The Morgan fingerprint density at radius 2 is 1.48 bits per heavy atom. The van der Waals surface area contributed by atoms with E-state index in [1.807, 2.05) is 0 Å². The number of hydrogen-bond donors (Lipinski definition) is 0. The third kappa shape index (κ3) is 1.69. The second-order valence-corrected chi connectivity index (χ2v) is 6.01. The summed E-state index contributed by atoms with van der Waals surface area (Å²) in [5, 5.41) is 2.70. The van der Waals surface area contributed by atoms with Gasteiger partial charge in [-0.15, -0.1) is 0 Å². The summed E-state index contributed by atoms with van der Waals surface area (Å²) in [5.41, 5.74) is 9.56. The van der Waals surface area contributed by atoms with Crippen LogP contribution >= 0.6 is 0 Å². The van der Waals surface area contributed by atoms with Crippen LogP contribution in [-0.2, 0) is 0 Å². The molecule has 0 aliphatic heterocycles. The lowest BCUT2D eigenvalue weighted by molar-refractivity contribution is 1.31. The predicted molar refractivity (Wildman–Crippen MR) is 92.4 cm³/mol. The largest absolute Gasteiger partial charge is 0.0610 e. The van der Waals surface area contributed by atoms with E-state index in [0.29, 0.717) is 0 Å². The molecule has 0 radical (unpaired) electrons. The fourth-order valence-corrected chi connectivity index (χ4v) is 3.57. The standard InChI is InChI=1S/C21H18/c1-13-10-11-19-18-9-5-7-16-6-4-8-17(21(16)18)12-14(2)20(19)15(13)3/h4-12H,1-3H3. The maximum Gasteiger partial charge on any atom is -0.00325 e. The van der Waals surface area contributed by atoms with Crippen LogP contribution in [-0.4, -0.2) is 0 Å². The van der Waals surface area contributed by atoms with Crippen molar-refractivity contribution in [3.05, 3.63) is 70.8 Å². The molecule has 0 amide bonds. The van der Waals surface area contributed by atoms with E-state index in [4.69, 9.17) is 0 Å². The molecule has 0 fully saturated rings. The van der Waals surface area contributed by atoms with E-state index in [9.17, 15) is 0 Å². The lowest BCUT2D eigenvalue weighted by atomic mass is 9.89. The van der Waals surface area contributed by atoms with E-state index < -0.39 is 0 Å². The smallest absolute Gasteiger partial charge is 0.00325 e. The molecule has 0 aromatic heterocycles. The van der Waals surface area contributed by atoms with Crippen molar-refractivity contribution in [3.63, 3.8) is 0 Å². The number of rotatable bonds is 0. The molecule has 0 unspecified atom stereocenters. The minimum atomic E-state index is 1.32. The quantitative estimate of drug-likeness (QED) is 0.470. The lowest BCUT2D eigenvalue weighted by Crippen LogP contribution is -1.93. The molecule has 0 atom stereocenters. The Kier molecular flexibility index (Phi) is 2.56. The van der Waals surface area contributed by atoms with Gasteiger partial charge in [0.1, 0.15) is 0 Å². The molecule has 102 valence electrons. The zero-order chi connectivity index (χ0) is 14.6. The summed E-state index contributed by atoms with van der Waals surface area (Å²) >= 11 is 0. The molecule has 0 saturated carbocycles. The first-order valence-electron chi connectivity index (χ1n) is 7.48. The van der Waals surface area contributed by atoms with E-state index >= 15 is 0 Å². The van der Waals surface area contributed by atoms with Crippen LogP contribution in [0.5, 0.6) is 0 Å². The van der Waals surface area contributed by atoms with E-state index in [-0.39, 0.29) is 0 Å². The van der Waals surface area contributed by atoms with Crippen LogP contribution in [0.1, 0.15) is 29.2 Å². The maximum absolute atomic E-state index is 2.34. The Bertz CT molecular complexity index is 905. The minimum absolute atomic E-state index is 1.32. The summed E-state index contributed by atoms with van der Waals surface area (Å²) < 4.78 is 0. The Morgan fingerprint density at radius 3 is 2.29 bits per heavy atom. The molecule has 21 heavy (non-hydrogen) atoms. The Morgan fingerprint density at radius 1 is 0.714 bits per heavy atom. The summed E-state index contributed by atoms with van der Waals surface area (Å²) in [6.45, 7) is 6.67. The molecule has 3 aromatic rings. The summed E-state index contributed by atoms with van der Waals surface area (Å²) in [7, 11) is 0. The predicted octanol–water partition coefficient (Wildman–Crippen LogP) is 6.00. The average Bonchev–Trinajstić information content (AvgIpc) is 2.61. The van der Waals surface area contributed by atoms with Gasteiger partial charge in [0.15, 0.2) is 0 Å². The van der Waals surface area contributed by atoms with Crippen LogP contribution in [0.4, 0.5) is 0 Å². The van der Waals surface area contributed by atoms with Gasteiger partial charge in [-0.3, -0.25) is 0 Å². The van der Waals surface area contributed by atoms with Crippen LogP contribution in [0.25, 0.3) is 33.5 Å². The first kappa shape index (κ1) is 12.4. The van der Waals surface area contributed by atoms with Gasteiger partial charge in [-0.2, -0.15) is 0 Å². The number of fused-ring (bicyclic) bond motifs is 2. The van der Waals surface area contributed by atoms with Crippen molar-refractivity contribution in [1.82, 2.24) is 0 Å². The zero-order valence-corrected chi connectivity index (χ0v) is 12.7.